The first-order valence-corrected chi connectivity index (χ1v) is 8.40. The average molecular weight is 357 g/mol. The van der Waals surface area contributed by atoms with Crippen molar-refractivity contribution in [1.82, 2.24) is 0 Å². The zero-order valence-corrected chi connectivity index (χ0v) is 12.5. The van der Waals surface area contributed by atoms with Crippen molar-refractivity contribution in [2.75, 3.05) is 11.5 Å². The van der Waals surface area contributed by atoms with E-state index in [1.807, 2.05) is 0 Å². The van der Waals surface area contributed by atoms with Crippen LogP contribution in [-0.2, 0) is 9.84 Å². The molecule has 2 N–H and O–H groups in total. The predicted molar refractivity (Wildman–Crippen MR) is 72.8 cm³/mol. The van der Waals surface area contributed by atoms with Gasteiger partial charge in [-0.2, -0.15) is 0 Å². The molecule has 1 aliphatic rings. The Morgan fingerprint density at radius 3 is 2.72 bits per heavy atom. The number of benzene rings is 1. The summed E-state index contributed by atoms with van der Waals surface area (Å²) in [4.78, 5) is 0. The highest BCUT2D eigenvalue weighted by Gasteiger charge is 2.33. The quantitative estimate of drug-likeness (QED) is 0.829. The summed E-state index contributed by atoms with van der Waals surface area (Å²) < 4.78 is 37.1. The first-order valence-electron chi connectivity index (χ1n) is 5.40. The fourth-order valence-electron chi connectivity index (χ4n) is 2.15. The molecule has 2 rings (SSSR count). The molecule has 0 amide bonds. The maximum absolute atomic E-state index is 13.8. The Kier molecular flexibility index (Phi) is 4.02. The summed E-state index contributed by atoms with van der Waals surface area (Å²) in [6.07, 6.45) is 0.469. The smallest absolute Gasteiger partial charge is 0.150 e. The monoisotopic (exact) mass is 355 g/mol. The van der Waals surface area contributed by atoms with Gasteiger partial charge in [0.25, 0.3) is 0 Å². The molecule has 1 aliphatic heterocycles. The van der Waals surface area contributed by atoms with E-state index < -0.39 is 21.7 Å². The average Bonchev–Trinajstić information content (AvgIpc) is 2.63. The van der Waals surface area contributed by atoms with Gasteiger partial charge >= 0.3 is 0 Å². The van der Waals surface area contributed by atoms with Gasteiger partial charge in [0, 0.05) is 16.1 Å². The second kappa shape index (κ2) is 5.07. The lowest BCUT2D eigenvalue weighted by Crippen LogP contribution is -2.23. The van der Waals surface area contributed by atoms with Gasteiger partial charge in [-0.1, -0.05) is 11.6 Å². The van der Waals surface area contributed by atoms with Crippen molar-refractivity contribution in [3.8, 4) is 0 Å². The molecule has 1 aromatic rings. The van der Waals surface area contributed by atoms with E-state index >= 15 is 0 Å². The first-order chi connectivity index (χ1) is 8.30. The van der Waals surface area contributed by atoms with E-state index in [0.29, 0.717) is 15.9 Å². The third kappa shape index (κ3) is 2.87. The number of nitrogens with two attached hydrogens (primary N) is 1. The van der Waals surface area contributed by atoms with Crippen molar-refractivity contribution in [2.45, 2.75) is 12.5 Å². The first kappa shape index (κ1) is 14.2. The number of rotatable bonds is 2. The zero-order valence-electron chi connectivity index (χ0n) is 9.37. The van der Waals surface area contributed by atoms with Gasteiger partial charge in [-0.15, -0.1) is 0 Å². The van der Waals surface area contributed by atoms with Crippen LogP contribution >= 0.6 is 27.5 Å². The molecule has 0 aliphatic carbocycles. The lowest BCUT2D eigenvalue weighted by atomic mass is 9.93. The Morgan fingerprint density at radius 2 is 2.17 bits per heavy atom. The van der Waals surface area contributed by atoms with Crippen molar-refractivity contribution < 1.29 is 12.8 Å². The van der Waals surface area contributed by atoms with Crippen LogP contribution in [0.5, 0.6) is 0 Å². The fourth-order valence-corrected chi connectivity index (χ4v) is 4.50. The molecule has 0 spiro atoms. The Hall–Kier alpha value is -0.170. The van der Waals surface area contributed by atoms with E-state index in [0.717, 1.165) is 0 Å². The third-order valence-electron chi connectivity index (χ3n) is 3.17. The van der Waals surface area contributed by atoms with E-state index in [1.165, 1.54) is 12.1 Å². The largest absolute Gasteiger partial charge is 0.324 e. The van der Waals surface area contributed by atoms with Gasteiger partial charge in [-0.05, 0) is 40.4 Å². The van der Waals surface area contributed by atoms with Gasteiger partial charge in [0.2, 0.25) is 0 Å². The minimum Gasteiger partial charge on any atom is -0.324 e. The predicted octanol–water partition coefficient (Wildman–Crippen LogP) is 2.68. The van der Waals surface area contributed by atoms with Gasteiger partial charge < -0.3 is 5.73 Å². The molecule has 1 fully saturated rings. The fraction of sp³-hybridized carbons (Fsp3) is 0.455. The van der Waals surface area contributed by atoms with Gasteiger partial charge in [0.1, 0.15) is 5.82 Å². The number of hydrogen-bond donors (Lipinski definition) is 1. The van der Waals surface area contributed by atoms with Gasteiger partial charge in [0.05, 0.1) is 16.5 Å². The molecule has 3 nitrogen and oxygen atoms in total. The van der Waals surface area contributed by atoms with Crippen molar-refractivity contribution in [1.29, 1.82) is 0 Å². The molecule has 1 heterocycles. The van der Waals surface area contributed by atoms with Crippen molar-refractivity contribution in [3.63, 3.8) is 0 Å². The zero-order chi connectivity index (χ0) is 13.5. The SMILES string of the molecule is NC(c1cc(Cl)c(Br)cc1F)C1CCS(=O)(=O)C1. The summed E-state index contributed by atoms with van der Waals surface area (Å²) in [6, 6.07) is 2.06. The van der Waals surface area contributed by atoms with Crippen LogP contribution in [0.1, 0.15) is 18.0 Å². The van der Waals surface area contributed by atoms with E-state index in [1.54, 1.807) is 0 Å². The van der Waals surface area contributed by atoms with E-state index in [2.05, 4.69) is 15.9 Å². The number of sulfone groups is 1. The maximum Gasteiger partial charge on any atom is 0.150 e. The van der Waals surface area contributed by atoms with Crippen LogP contribution in [0.15, 0.2) is 16.6 Å². The molecule has 0 aromatic heterocycles. The summed E-state index contributed by atoms with van der Waals surface area (Å²) in [5, 5.41) is 0.364. The molecule has 7 heteroatoms. The van der Waals surface area contributed by atoms with E-state index in [4.69, 9.17) is 17.3 Å². The molecular formula is C11H12BrClFNO2S. The minimum absolute atomic E-state index is 0.0152. The number of hydrogen-bond acceptors (Lipinski definition) is 3. The molecule has 100 valence electrons. The second-order valence-corrected chi connectivity index (χ2v) is 7.97. The summed E-state index contributed by atoms with van der Waals surface area (Å²) >= 11 is 9.03. The normalized spacial score (nSPS) is 24.1. The molecule has 1 aromatic carbocycles. The lowest BCUT2D eigenvalue weighted by Gasteiger charge is -2.19. The van der Waals surface area contributed by atoms with E-state index in [9.17, 15) is 12.8 Å². The Balaban J connectivity index is 2.30. The third-order valence-corrected chi connectivity index (χ3v) is 6.17. The van der Waals surface area contributed by atoms with Crippen LogP contribution in [0, 0.1) is 11.7 Å². The van der Waals surface area contributed by atoms with Gasteiger partial charge in [-0.25, -0.2) is 12.8 Å². The topological polar surface area (TPSA) is 60.2 Å². The highest BCUT2D eigenvalue weighted by atomic mass is 79.9. The summed E-state index contributed by atoms with van der Waals surface area (Å²) in [7, 11) is -3.02. The highest BCUT2D eigenvalue weighted by molar-refractivity contribution is 9.10. The Bertz CT molecular complexity index is 579. The molecule has 0 radical (unpaired) electrons. The minimum atomic E-state index is -3.02. The molecule has 0 saturated carbocycles. The molecule has 2 unspecified atom stereocenters. The van der Waals surface area contributed by atoms with Crippen molar-refractivity contribution in [3.05, 3.63) is 33.0 Å². The Morgan fingerprint density at radius 1 is 1.50 bits per heavy atom. The standard InChI is InChI=1S/C11H12BrClFNO2S/c12-8-4-10(14)7(3-9(8)13)11(15)6-1-2-18(16,17)5-6/h3-4,6,11H,1-2,5,15H2. The number of halogens is 3. The van der Waals surface area contributed by atoms with Crippen LogP contribution in [-0.4, -0.2) is 19.9 Å². The molecule has 1 saturated heterocycles. The molecule has 2 atom stereocenters. The lowest BCUT2D eigenvalue weighted by molar-refractivity contribution is 0.458. The summed E-state index contributed by atoms with van der Waals surface area (Å²) in [6.45, 7) is 0. The van der Waals surface area contributed by atoms with Crippen molar-refractivity contribution >= 4 is 37.4 Å². The highest BCUT2D eigenvalue weighted by Crippen LogP contribution is 2.34. The second-order valence-electron chi connectivity index (χ2n) is 4.48. The van der Waals surface area contributed by atoms with Crippen LogP contribution in [0.3, 0.4) is 0 Å². The maximum atomic E-state index is 13.8. The van der Waals surface area contributed by atoms with Crippen LogP contribution in [0.2, 0.25) is 5.02 Å². The summed E-state index contributed by atoms with van der Waals surface area (Å²) in [5.41, 5.74) is 6.23. The molecule has 0 bridgehead atoms. The van der Waals surface area contributed by atoms with E-state index in [-0.39, 0.29) is 23.0 Å². The van der Waals surface area contributed by atoms with Gasteiger partial charge in [0.15, 0.2) is 9.84 Å². The summed E-state index contributed by atoms with van der Waals surface area (Å²) in [5.74, 6) is -0.580. The molecular weight excluding hydrogens is 345 g/mol. The van der Waals surface area contributed by atoms with Crippen molar-refractivity contribution in [2.24, 2.45) is 11.7 Å². The Labute approximate surface area is 119 Å². The van der Waals surface area contributed by atoms with Crippen LogP contribution < -0.4 is 5.73 Å². The van der Waals surface area contributed by atoms with Crippen LogP contribution in [0.25, 0.3) is 0 Å². The van der Waals surface area contributed by atoms with Gasteiger partial charge in [-0.3, -0.25) is 0 Å². The molecule has 18 heavy (non-hydrogen) atoms. The van der Waals surface area contributed by atoms with Crippen LogP contribution in [0.4, 0.5) is 4.39 Å².